The predicted octanol–water partition coefficient (Wildman–Crippen LogP) is 3.46. The van der Waals surface area contributed by atoms with Gasteiger partial charge in [-0.2, -0.15) is 0 Å². The topological polar surface area (TPSA) is 33.1 Å². The molecule has 0 saturated heterocycles. The van der Waals surface area contributed by atoms with Crippen molar-refractivity contribution in [3.05, 3.63) is 47.3 Å². The van der Waals surface area contributed by atoms with Crippen LogP contribution in [0.4, 0.5) is 4.39 Å². The van der Waals surface area contributed by atoms with Crippen molar-refractivity contribution in [3.63, 3.8) is 0 Å². The Hall–Kier alpha value is -1.90. The number of pyridine rings is 1. The summed E-state index contributed by atoms with van der Waals surface area (Å²) in [5.41, 5.74) is 2.97. The molecular weight excluding hydrogens is 217 g/mol. The van der Waals surface area contributed by atoms with Gasteiger partial charge in [-0.3, -0.25) is 0 Å². The lowest BCUT2D eigenvalue weighted by Crippen LogP contribution is -1.94. The second-order valence-electron chi connectivity index (χ2n) is 3.99. The molecule has 0 unspecified atom stereocenters. The molecule has 0 radical (unpaired) electrons. The minimum atomic E-state index is -0.224. The standard InChI is InChI=1S/C14H14FNO/c1-3-10-7-9(2)11(8-12(10)15)13-5-4-6-14(17)16-13/h4-8H,3H2,1-2H3,(H,16,17). The zero-order valence-electron chi connectivity index (χ0n) is 9.87. The summed E-state index contributed by atoms with van der Waals surface area (Å²) in [5.74, 6) is -0.278. The second-order valence-corrected chi connectivity index (χ2v) is 3.99. The van der Waals surface area contributed by atoms with Crippen LogP contribution in [-0.4, -0.2) is 10.1 Å². The summed E-state index contributed by atoms with van der Waals surface area (Å²) in [5, 5.41) is 9.33. The quantitative estimate of drug-likeness (QED) is 0.858. The van der Waals surface area contributed by atoms with Crippen molar-refractivity contribution in [2.45, 2.75) is 20.3 Å². The Kier molecular flexibility index (Phi) is 3.09. The van der Waals surface area contributed by atoms with E-state index in [-0.39, 0.29) is 11.7 Å². The number of hydrogen-bond acceptors (Lipinski definition) is 2. The van der Waals surface area contributed by atoms with E-state index in [0.29, 0.717) is 17.7 Å². The summed E-state index contributed by atoms with van der Waals surface area (Å²) in [4.78, 5) is 3.99. The van der Waals surface area contributed by atoms with Crippen LogP contribution in [0.2, 0.25) is 0 Å². The van der Waals surface area contributed by atoms with Crippen molar-refractivity contribution in [1.82, 2.24) is 4.98 Å². The SMILES string of the molecule is CCc1cc(C)c(-c2cccc(O)n2)cc1F. The molecule has 2 nitrogen and oxygen atoms in total. The Bertz CT molecular complexity index is 552. The maximum absolute atomic E-state index is 13.7. The zero-order chi connectivity index (χ0) is 12.4. The molecule has 0 spiro atoms. The maximum atomic E-state index is 13.7. The number of rotatable bonds is 2. The fourth-order valence-corrected chi connectivity index (χ4v) is 1.86. The highest BCUT2D eigenvalue weighted by Gasteiger charge is 2.09. The van der Waals surface area contributed by atoms with Gasteiger partial charge in [-0.05, 0) is 36.6 Å². The van der Waals surface area contributed by atoms with Crippen LogP contribution in [0.3, 0.4) is 0 Å². The molecule has 2 rings (SSSR count). The minimum absolute atomic E-state index is 0.0538. The third kappa shape index (κ3) is 2.28. The Labute approximate surface area is 99.8 Å². The second kappa shape index (κ2) is 4.53. The first kappa shape index (κ1) is 11.6. The number of benzene rings is 1. The minimum Gasteiger partial charge on any atom is -0.493 e. The number of aryl methyl sites for hydroxylation is 2. The van der Waals surface area contributed by atoms with Gasteiger partial charge in [-0.15, -0.1) is 0 Å². The molecule has 2 aromatic rings. The highest BCUT2D eigenvalue weighted by molar-refractivity contribution is 5.64. The first-order valence-electron chi connectivity index (χ1n) is 5.57. The summed E-state index contributed by atoms with van der Waals surface area (Å²) in [6.45, 7) is 3.84. The number of nitrogens with zero attached hydrogens (tertiary/aromatic N) is 1. The van der Waals surface area contributed by atoms with Crippen molar-refractivity contribution in [3.8, 4) is 17.1 Å². The van der Waals surface area contributed by atoms with Gasteiger partial charge in [0.15, 0.2) is 0 Å². The zero-order valence-corrected chi connectivity index (χ0v) is 9.87. The molecule has 1 aromatic carbocycles. The highest BCUT2D eigenvalue weighted by Crippen LogP contribution is 2.26. The van der Waals surface area contributed by atoms with Crippen LogP contribution in [0.25, 0.3) is 11.3 Å². The molecule has 88 valence electrons. The van der Waals surface area contributed by atoms with Crippen molar-refractivity contribution in [2.75, 3.05) is 0 Å². The number of halogens is 1. The molecule has 0 aliphatic rings. The third-order valence-corrected chi connectivity index (χ3v) is 2.78. The fourth-order valence-electron chi connectivity index (χ4n) is 1.86. The van der Waals surface area contributed by atoms with Gasteiger partial charge in [0.2, 0.25) is 5.88 Å². The Morgan fingerprint density at radius 2 is 2.06 bits per heavy atom. The van der Waals surface area contributed by atoms with E-state index in [1.165, 1.54) is 12.1 Å². The predicted molar refractivity (Wildman–Crippen MR) is 65.4 cm³/mol. The van der Waals surface area contributed by atoms with Crippen LogP contribution in [-0.2, 0) is 6.42 Å². The maximum Gasteiger partial charge on any atom is 0.211 e. The molecule has 17 heavy (non-hydrogen) atoms. The molecule has 1 N–H and O–H groups in total. The lowest BCUT2D eigenvalue weighted by molar-refractivity contribution is 0.454. The van der Waals surface area contributed by atoms with Crippen LogP contribution in [0, 0.1) is 12.7 Å². The van der Waals surface area contributed by atoms with Gasteiger partial charge in [0, 0.05) is 11.6 Å². The molecular formula is C14H14FNO. The molecule has 1 aromatic heterocycles. The smallest absolute Gasteiger partial charge is 0.211 e. The van der Waals surface area contributed by atoms with E-state index in [1.807, 2.05) is 19.9 Å². The van der Waals surface area contributed by atoms with Gasteiger partial charge >= 0.3 is 0 Å². The van der Waals surface area contributed by atoms with E-state index in [4.69, 9.17) is 0 Å². The van der Waals surface area contributed by atoms with Crippen molar-refractivity contribution < 1.29 is 9.50 Å². The summed E-state index contributed by atoms with van der Waals surface area (Å²) in [6.07, 6.45) is 0.667. The first-order chi connectivity index (χ1) is 8.11. The van der Waals surface area contributed by atoms with E-state index in [2.05, 4.69) is 4.98 Å². The molecule has 0 saturated carbocycles. The van der Waals surface area contributed by atoms with Crippen LogP contribution in [0.15, 0.2) is 30.3 Å². The summed E-state index contributed by atoms with van der Waals surface area (Å²) in [7, 11) is 0. The van der Waals surface area contributed by atoms with Crippen molar-refractivity contribution in [2.24, 2.45) is 0 Å². The Morgan fingerprint density at radius 1 is 1.29 bits per heavy atom. The average molecular weight is 231 g/mol. The van der Waals surface area contributed by atoms with Gasteiger partial charge in [0.05, 0.1) is 5.69 Å². The molecule has 0 fully saturated rings. The largest absolute Gasteiger partial charge is 0.493 e. The highest BCUT2D eigenvalue weighted by atomic mass is 19.1. The van der Waals surface area contributed by atoms with Crippen LogP contribution < -0.4 is 0 Å². The molecule has 3 heteroatoms. The number of aromatic nitrogens is 1. The molecule has 0 bridgehead atoms. The van der Waals surface area contributed by atoms with E-state index >= 15 is 0 Å². The van der Waals surface area contributed by atoms with Crippen LogP contribution in [0.5, 0.6) is 5.88 Å². The van der Waals surface area contributed by atoms with E-state index in [1.54, 1.807) is 12.1 Å². The first-order valence-corrected chi connectivity index (χ1v) is 5.57. The lowest BCUT2D eigenvalue weighted by atomic mass is 10.0. The lowest BCUT2D eigenvalue weighted by Gasteiger charge is -2.08. The molecule has 0 aliphatic carbocycles. The van der Waals surface area contributed by atoms with Crippen LogP contribution in [0.1, 0.15) is 18.1 Å². The van der Waals surface area contributed by atoms with Gasteiger partial charge in [-0.1, -0.05) is 19.1 Å². The monoisotopic (exact) mass is 231 g/mol. The normalized spacial score (nSPS) is 10.5. The Balaban J connectivity index is 2.56. The average Bonchev–Trinajstić information content (AvgIpc) is 2.31. The van der Waals surface area contributed by atoms with E-state index < -0.39 is 0 Å². The molecule has 0 aliphatic heterocycles. The molecule has 1 heterocycles. The fraction of sp³-hybridized carbons (Fsp3) is 0.214. The van der Waals surface area contributed by atoms with Crippen LogP contribution >= 0.6 is 0 Å². The number of aromatic hydroxyl groups is 1. The van der Waals surface area contributed by atoms with Crippen molar-refractivity contribution >= 4 is 0 Å². The summed E-state index contributed by atoms with van der Waals surface area (Å²) >= 11 is 0. The van der Waals surface area contributed by atoms with E-state index in [0.717, 1.165) is 11.1 Å². The third-order valence-electron chi connectivity index (χ3n) is 2.78. The summed E-state index contributed by atoms with van der Waals surface area (Å²) < 4.78 is 13.7. The van der Waals surface area contributed by atoms with Crippen molar-refractivity contribution in [1.29, 1.82) is 0 Å². The molecule has 0 amide bonds. The summed E-state index contributed by atoms with van der Waals surface area (Å²) in [6, 6.07) is 8.26. The van der Waals surface area contributed by atoms with Gasteiger partial charge in [0.1, 0.15) is 5.82 Å². The Morgan fingerprint density at radius 3 is 2.71 bits per heavy atom. The van der Waals surface area contributed by atoms with Gasteiger partial charge in [0.25, 0.3) is 0 Å². The number of hydrogen-bond donors (Lipinski definition) is 1. The van der Waals surface area contributed by atoms with E-state index in [9.17, 15) is 9.50 Å². The molecule has 0 atom stereocenters. The van der Waals surface area contributed by atoms with Gasteiger partial charge in [-0.25, -0.2) is 9.37 Å². The van der Waals surface area contributed by atoms with Gasteiger partial charge < -0.3 is 5.11 Å².